The maximum Gasteiger partial charge on any atom is 0.270 e. The van der Waals surface area contributed by atoms with E-state index in [0.29, 0.717) is 0 Å². The van der Waals surface area contributed by atoms with Crippen LogP contribution in [0.25, 0.3) is 0 Å². The van der Waals surface area contributed by atoms with Crippen molar-refractivity contribution in [2.24, 2.45) is 5.92 Å². The van der Waals surface area contributed by atoms with Gasteiger partial charge < -0.3 is 5.32 Å². The molecule has 0 unspecified atom stereocenters. The summed E-state index contributed by atoms with van der Waals surface area (Å²) in [6.07, 6.45) is 5.18. The zero-order valence-electron chi connectivity index (χ0n) is 13.2. The molecule has 1 aliphatic heterocycles. The van der Waals surface area contributed by atoms with Crippen molar-refractivity contribution in [1.29, 1.82) is 0 Å². The Morgan fingerprint density at radius 1 is 1.25 bits per heavy atom. The topological polar surface area (TPSA) is 55.2 Å². The van der Waals surface area contributed by atoms with Gasteiger partial charge in [0.25, 0.3) is 5.69 Å². The molecule has 2 aromatic rings. The Morgan fingerprint density at radius 2 is 2.00 bits per heavy atom. The number of rotatable bonds is 2. The molecule has 4 nitrogen and oxygen atoms in total. The van der Waals surface area contributed by atoms with Crippen molar-refractivity contribution in [3.05, 3.63) is 81.2 Å². The second-order valence-corrected chi connectivity index (χ2v) is 6.51. The van der Waals surface area contributed by atoms with Gasteiger partial charge >= 0.3 is 0 Å². The number of nitro benzene ring substituents is 1. The summed E-state index contributed by atoms with van der Waals surface area (Å²) in [4.78, 5) is 10.8. The van der Waals surface area contributed by atoms with Crippen LogP contribution in [0.15, 0.2) is 48.6 Å². The van der Waals surface area contributed by atoms with Crippen LogP contribution in [0.2, 0.25) is 0 Å². The Bertz CT molecular complexity index is 845. The third-order valence-corrected chi connectivity index (χ3v) is 5.09. The number of nitrogens with zero attached hydrogens (tertiary/aromatic N) is 1. The van der Waals surface area contributed by atoms with Gasteiger partial charge in [-0.2, -0.15) is 0 Å². The maximum atomic E-state index is 13.2. The van der Waals surface area contributed by atoms with Crippen molar-refractivity contribution in [2.75, 3.05) is 5.32 Å². The van der Waals surface area contributed by atoms with Crippen LogP contribution in [0.3, 0.4) is 0 Å². The van der Waals surface area contributed by atoms with Gasteiger partial charge in [0.15, 0.2) is 0 Å². The van der Waals surface area contributed by atoms with Gasteiger partial charge in [-0.3, -0.25) is 10.1 Å². The number of nitro groups is 1. The molecule has 2 aromatic carbocycles. The van der Waals surface area contributed by atoms with E-state index < -0.39 is 0 Å². The molecule has 0 aromatic heterocycles. The summed E-state index contributed by atoms with van der Waals surface area (Å²) < 4.78 is 13.2. The minimum atomic E-state index is -0.340. The van der Waals surface area contributed by atoms with Crippen molar-refractivity contribution < 1.29 is 9.31 Å². The van der Waals surface area contributed by atoms with Gasteiger partial charge in [-0.05, 0) is 48.1 Å². The Morgan fingerprint density at radius 3 is 2.71 bits per heavy atom. The number of hydrogen-bond acceptors (Lipinski definition) is 3. The number of benzene rings is 2. The van der Waals surface area contributed by atoms with Crippen LogP contribution in [-0.2, 0) is 0 Å². The van der Waals surface area contributed by atoms with Gasteiger partial charge in [0.2, 0.25) is 0 Å². The Balaban J connectivity index is 1.82. The molecule has 24 heavy (non-hydrogen) atoms. The van der Waals surface area contributed by atoms with Crippen molar-refractivity contribution in [2.45, 2.75) is 25.3 Å². The van der Waals surface area contributed by atoms with Crippen molar-refractivity contribution in [3.63, 3.8) is 0 Å². The number of non-ortho nitro benzene ring substituents is 1. The Labute approximate surface area is 139 Å². The molecule has 0 amide bonds. The van der Waals surface area contributed by atoms with Gasteiger partial charge in [-0.15, -0.1) is 0 Å². The summed E-state index contributed by atoms with van der Waals surface area (Å²) in [5.41, 5.74) is 3.98. The van der Waals surface area contributed by atoms with Crippen LogP contribution in [0, 0.1) is 28.8 Å². The second-order valence-electron chi connectivity index (χ2n) is 6.51. The minimum absolute atomic E-state index is 0.0678. The molecule has 0 bridgehead atoms. The lowest BCUT2D eigenvalue weighted by Gasteiger charge is -2.38. The number of hydrogen-bond donors (Lipinski definition) is 1. The highest BCUT2D eigenvalue weighted by atomic mass is 19.1. The van der Waals surface area contributed by atoms with E-state index in [1.807, 2.05) is 19.1 Å². The fourth-order valence-corrected chi connectivity index (χ4v) is 3.97. The highest BCUT2D eigenvalue weighted by Crippen LogP contribution is 2.51. The second kappa shape index (κ2) is 5.44. The van der Waals surface area contributed by atoms with E-state index in [0.717, 1.165) is 28.8 Å². The molecule has 0 spiro atoms. The fourth-order valence-electron chi connectivity index (χ4n) is 3.97. The lowest BCUT2D eigenvalue weighted by molar-refractivity contribution is -0.385. The van der Waals surface area contributed by atoms with Crippen LogP contribution in [0.4, 0.5) is 15.8 Å². The summed E-state index contributed by atoms with van der Waals surface area (Å²) in [6, 6.07) is 9.94. The SMILES string of the molecule is Cc1cc([N+](=O)[O-])cc2c1N[C@H](c1ccc(F)cc1)[C@H]1CC=C[C@@H]21. The highest BCUT2D eigenvalue weighted by molar-refractivity contribution is 5.67. The third-order valence-electron chi connectivity index (χ3n) is 5.09. The van der Waals surface area contributed by atoms with Crippen LogP contribution in [0.1, 0.15) is 35.1 Å². The van der Waals surface area contributed by atoms with E-state index in [-0.39, 0.29) is 34.3 Å². The van der Waals surface area contributed by atoms with Crippen LogP contribution >= 0.6 is 0 Å². The van der Waals surface area contributed by atoms with Gasteiger partial charge in [-0.25, -0.2) is 4.39 Å². The largest absolute Gasteiger partial charge is 0.377 e. The van der Waals surface area contributed by atoms with Crippen LogP contribution in [-0.4, -0.2) is 4.92 Å². The molecule has 0 radical (unpaired) electrons. The van der Waals surface area contributed by atoms with Crippen LogP contribution in [0.5, 0.6) is 0 Å². The molecule has 1 aliphatic carbocycles. The molecule has 4 rings (SSSR count). The smallest absolute Gasteiger partial charge is 0.270 e. The van der Waals surface area contributed by atoms with E-state index in [9.17, 15) is 14.5 Å². The number of anilines is 1. The standard InChI is InChI=1S/C19H17FN2O2/c1-11-9-14(22(23)24)10-17-15-3-2-4-16(15)19(21-18(11)17)12-5-7-13(20)8-6-12/h2-3,5-10,15-16,19,21H,4H2,1H3/t15-,16+,19-/m1/s1. The number of fused-ring (bicyclic) bond motifs is 3. The first-order valence-electron chi connectivity index (χ1n) is 8.02. The Kier molecular flexibility index (Phi) is 3.37. The predicted molar refractivity (Wildman–Crippen MR) is 90.6 cm³/mol. The number of allylic oxidation sites excluding steroid dienone is 2. The quantitative estimate of drug-likeness (QED) is 0.487. The fraction of sp³-hybridized carbons (Fsp3) is 0.263. The van der Waals surface area contributed by atoms with Gasteiger partial charge in [0.05, 0.1) is 11.0 Å². The summed E-state index contributed by atoms with van der Waals surface area (Å²) >= 11 is 0. The molecule has 0 saturated carbocycles. The molecular weight excluding hydrogens is 307 g/mol. The summed E-state index contributed by atoms with van der Waals surface area (Å²) in [6.45, 7) is 1.89. The summed E-state index contributed by atoms with van der Waals surface area (Å²) in [5, 5.41) is 14.7. The molecule has 122 valence electrons. The Hall–Kier alpha value is -2.69. The van der Waals surface area contributed by atoms with Crippen molar-refractivity contribution in [1.82, 2.24) is 0 Å². The van der Waals surface area contributed by atoms with E-state index in [4.69, 9.17) is 0 Å². The zero-order chi connectivity index (χ0) is 16.8. The molecule has 0 saturated heterocycles. The number of aryl methyl sites for hydroxylation is 1. The molecule has 2 aliphatic rings. The molecule has 5 heteroatoms. The zero-order valence-corrected chi connectivity index (χ0v) is 13.2. The van der Waals surface area contributed by atoms with E-state index in [1.165, 1.54) is 12.1 Å². The predicted octanol–water partition coefficient (Wildman–Crippen LogP) is 4.87. The van der Waals surface area contributed by atoms with Gasteiger partial charge in [-0.1, -0.05) is 24.3 Å². The average Bonchev–Trinajstić information content (AvgIpc) is 3.05. The van der Waals surface area contributed by atoms with Gasteiger partial charge in [0, 0.05) is 23.7 Å². The first-order valence-corrected chi connectivity index (χ1v) is 8.02. The average molecular weight is 324 g/mol. The first-order chi connectivity index (χ1) is 11.5. The van der Waals surface area contributed by atoms with E-state index >= 15 is 0 Å². The van der Waals surface area contributed by atoms with E-state index in [2.05, 4.69) is 17.5 Å². The lowest BCUT2D eigenvalue weighted by atomic mass is 9.76. The molecule has 0 fully saturated rings. The van der Waals surface area contributed by atoms with Crippen molar-refractivity contribution >= 4 is 11.4 Å². The number of halogens is 1. The summed E-state index contributed by atoms with van der Waals surface area (Å²) in [7, 11) is 0. The lowest BCUT2D eigenvalue weighted by Crippen LogP contribution is -2.29. The molecular formula is C19H17FN2O2. The molecule has 1 heterocycles. The van der Waals surface area contributed by atoms with E-state index in [1.54, 1.807) is 12.1 Å². The van der Waals surface area contributed by atoms with Gasteiger partial charge in [0.1, 0.15) is 5.82 Å². The summed E-state index contributed by atoms with van der Waals surface area (Å²) in [5.74, 6) is 0.183. The monoisotopic (exact) mass is 324 g/mol. The molecule has 3 atom stereocenters. The number of nitrogens with one attached hydrogen (secondary N) is 1. The third kappa shape index (κ3) is 2.28. The van der Waals surface area contributed by atoms with Crippen molar-refractivity contribution in [3.8, 4) is 0 Å². The molecule has 1 N–H and O–H groups in total. The van der Waals surface area contributed by atoms with Crippen LogP contribution < -0.4 is 5.32 Å². The normalized spacial score (nSPS) is 24.2. The first kappa shape index (κ1) is 14.9. The minimum Gasteiger partial charge on any atom is -0.377 e. The highest BCUT2D eigenvalue weighted by Gasteiger charge is 2.39. The maximum absolute atomic E-state index is 13.2.